The summed E-state index contributed by atoms with van der Waals surface area (Å²) in [7, 11) is -3.12. The van der Waals surface area contributed by atoms with E-state index in [2.05, 4.69) is 5.32 Å². The Kier molecular flexibility index (Phi) is 3.25. The number of rotatable bonds is 2. The highest BCUT2D eigenvalue weighted by Crippen LogP contribution is 2.24. The van der Waals surface area contributed by atoms with Crippen LogP contribution in [-0.2, 0) is 9.84 Å². The standard InChI is InChI=1S/C12H15FN2O3S/c1-12(4-5-19(17,18)7-12)15-11(16)9-6-8(13)2-3-10(9)14/h2-3,6H,4-5,7,14H2,1H3,(H,15,16). The number of nitrogens with one attached hydrogen (secondary N) is 1. The Bertz CT molecular complexity index is 630. The van der Waals surface area contributed by atoms with Crippen molar-refractivity contribution in [2.75, 3.05) is 17.2 Å². The second kappa shape index (κ2) is 4.48. The van der Waals surface area contributed by atoms with Crippen LogP contribution in [0, 0.1) is 5.82 Å². The van der Waals surface area contributed by atoms with Gasteiger partial charge in [0.15, 0.2) is 9.84 Å². The number of nitrogen functional groups attached to an aromatic ring is 1. The van der Waals surface area contributed by atoms with Crippen LogP contribution in [0.2, 0.25) is 0 Å². The van der Waals surface area contributed by atoms with Crippen LogP contribution in [0.3, 0.4) is 0 Å². The summed E-state index contributed by atoms with van der Waals surface area (Å²) in [5.41, 5.74) is 4.97. The van der Waals surface area contributed by atoms with E-state index in [1.807, 2.05) is 0 Å². The molecule has 1 aromatic rings. The lowest BCUT2D eigenvalue weighted by molar-refractivity contribution is 0.0916. The third-order valence-electron chi connectivity index (χ3n) is 3.18. The number of anilines is 1. The fourth-order valence-corrected chi connectivity index (χ4v) is 4.27. The van der Waals surface area contributed by atoms with Gasteiger partial charge in [-0.15, -0.1) is 0 Å². The van der Waals surface area contributed by atoms with Gasteiger partial charge in [0.2, 0.25) is 0 Å². The van der Waals surface area contributed by atoms with Gasteiger partial charge >= 0.3 is 0 Å². The summed E-state index contributed by atoms with van der Waals surface area (Å²) < 4.78 is 36.0. The molecule has 1 saturated heterocycles. The molecule has 19 heavy (non-hydrogen) atoms. The van der Waals surface area contributed by atoms with Crippen molar-refractivity contribution in [1.82, 2.24) is 5.32 Å². The average Bonchev–Trinajstić information content (AvgIpc) is 2.56. The first-order valence-electron chi connectivity index (χ1n) is 5.79. The molecule has 1 unspecified atom stereocenters. The lowest BCUT2D eigenvalue weighted by atomic mass is 10.0. The summed E-state index contributed by atoms with van der Waals surface area (Å²) in [4.78, 5) is 12.0. The first-order chi connectivity index (χ1) is 8.71. The van der Waals surface area contributed by atoms with Crippen LogP contribution >= 0.6 is 0 Å². The number of halogens is 1. The molecule has 104 valence electrons. The van der Waals surface area contributed by atoms with Gasteiger partial charge in [-0.05, 0) is 31.5 Å². The molecule has 1 fully saturated rings. The molecule has 1 aliphatic heterocycles. The molecule has 2 rings (SSSR count). The molecule has 0 bridgehead atoms. The molecule has 1 atom stereocenters. The van der Waals surface area contributed by atoms with Gasteiger partial charge in [0, 0.05) is 5.69 Å². The summed E-state index contributed by atoms with van der Waals surface area (Å²) in [6, 6.07) is 3.50. The maximum atomic E-state index is 13.1. The van der Waals surface area contributed by atoms with Crippen molar-refractivity contribution in [2.24, 2.45) is 0 Å². The number of hydrogen-bond donors (Lipinski definition) is 2. The van der Waals surface area contributed by atoms with Crippen molar-refractivity contribution in [1.29, 1.82) is 0 Å². The first-order valence-corrected chi connectivity index (χ1v) is 7.61. The van der Waals surface area contributed by atoms with Crippen LogP contribution in [-0.4, -0.2) is 31.4 Å². The smallest absolute Gasteiger partial charge is 0.253 e. The van der Waals surface area contributed by atoms with Crippen LogP contribution in [0.5, 0.6) is 0 Å². The Morgan fingerprint density at radius 1 is 1.47 bits per heavy atom. The molecule has 1 aliphatic rings. The molecule has 3 N–H and O–H groups in total. The monoisotopic (exact) mass is 286 g/mol. The normalized spacial score (nSPS) is 25.2. The third kappa shape index (κ3) is 3.04. The maximum Gasteiger partial charge on any atom is 0.253 e. The van der Waals surface area contributed by atoms with Crippen LogP contribution in [0.1, 0.15) is 23.7 Å². The van der Waals surface area contributed by atoms with Crippen LogP contribution in [0.15, 0.2) is 18.2 Å². The SMILES string of the molecule is CC1(NC(=O)c2cc(F)ccc2N)CCS(=O)(=O)C1. The lowest BCUT2D eigenvalue weighted by Gasteiger charge is -2.24. The van der Waals surface area contributed by atoms with Crippen LogP contribution in [0.4, 0.5) is 10.1 Å². The van der Waals surface area contributed by atoms with Gasteiger partial charge in [-0.25, -0.2) is 12.8 Å². The molecule has 7 heteroatoms. The van der Waals surface area contributed by atoms with E-state index < -0.39 is 27.1 Å². The number of hydrogen-bond acceptors (Lipinski definition) is 4. The zero-order valence-electron chi connectivity index (χ0n) is 10.4. The van der Waals surface area contributed by atoms with Gasteiger partial charge in [-0.3, -0.25) is 4.79 Å². The molecule has 0 aliphatic carbocycles. The third-order valence-corrected chi connectivity index (χ3v) is 5.08. The maximum absolute atomic E-state index is 13.1. The van der Waals surface area contributed by atoms with Gasteiger partial charge in [0.1, 0.15) is 5.82 Å². The molecule has 5 nitrogen and oxygen atoms in total. The Hall–Kier alpha value is -1.63. The Morgan fingerprint density at radius 2 is 2.16 bits per heavy atom. The topological polar surface area (TPSA) is 89.3 Å². The van der Waals surface area contributed by atoms with E-state index in [-0.39, 0.29) is 22.8 Å². The molecular formula is C12H15FN2O3S. The van der Waals surface area contributed by atoms with Crippen molar-refractivity contribution in [3.8, 4) is 0 Å². The summed E-state index contributed by atoms with van der Waals surface area (Å²) in [6.45, 7) is 1.66. The molecule has 0 saturated carbocycles. The second-order valence-electron chi connectivity index (χ2n) is 5.09. The predicted molar refractivity (Wildman–Crippen MR) is 70.0 cm³/mol. The highest BCUT2D eigenvalue weighted by molar-refractivity contribution is 7.91. The van der Waals surface area contributed by atoms with Crippen molar-refractivity contribution in [3.63, 3.8) is 0 Å². The summed E-state index contributed by atoms with van der Waals surface area (Å²) in [5.74, 6) is -1.19. The van der Waals surface area contributed by atoms with E-state index in [1.54, 1.807) is 6.92 Å². The van der Waals surface area contributed by atoms with Gasteiger partial charge in [-0.2, -0.15) is 0 Å². The Morgan fingerprint density at radius 3 is 2.74 bits per heavy atom. The first kappa shape index (κ1) is 13.8. The summed E-state index contributed by atoms with van der Waals surface area (Å²) in [6.07, 6.45) is 0.344. The Balaban J connectivity index is 2.20. The number of amides is 1. The van der Waals surface area contributed by atoms with Crippen molar-refractivity contribution < 1.29 is 17.6 Å². The molecule has 1 aromatic carbocycles. The van der Waals surface area contributed by atoms with Crippen molar-refractivity contribution >= 4 is 21.4 Å². The highest BCUT2D eigenvalue weighted by Gasteiger charge is 2.39. The minimum atomic E-state index is -3.12. The predicted octanol–water partition coefficient (Wildman–Crippen LogP) is 0.715. The zero-order chi connectivity index (χ0) is 14.3. The molecule has 0 spiro atoms. The molecule has 0 radical (unpaired) electrons. The van der Waals surface area contributed by atoms with Crippen LogP contribution in [0.25, 0.3) is 0 Å². The molecule has 1 heterocycles. The van der Waals surface area contributed by atoms with E-state index in [9.17, 15) is 17.6 Å². The minimum Gasteiger partial charge on any atom is -0.398 e. The van der Waals surface area contributed by atoms with E-state index in [1.165, 1.54) is 6.07 Å². The van der Waals surface area contributed by atoms with E-state index >= 15 is 0 Å². The van der Waals surface area contributed by atoms with E-state index in [0.717, 1.165) is 12.1 Å². The van der Waals surface area contributed by atoms with Gasteiger partial charge < -0.3 is 11.1 Å². The highest BCUT2D eigenvalue weighted by atomic mass is 32.2. The summed E-state index contributed by atoms with van der Waals surface area (Å²) >= 11 is 0. The number of benzene rings is 1. The van der Waals surface area contributed by atoms with E-state index in [0.29, 0.717) is 6.42 Å². The second-order valence-corrected chi connectivity index (χ2v) is 7.27. The summed E-state index contributed by atoms with van der Waals surface area (Å²) in [5, 5.41) is 2.63. The number of carbonyl (C=O) groups excluding carboxylic acids is 1. The van der Waals surface area contributed by atoms with Crippen LogP contribution < -0.4 is 11.1 Å². The van der Waals surface area contributed by atoms with Crippen molar-refractivity contribution in [3.05, 3.63) is 29.6 Å². The van der Waals surface area contributed by atoms with Gasteiger partial charge in [0.05, 0.1) is 22.6 Å². The lowest BCUT2D eigenvalue weighted by Crippen LogP contribution is -2.47. The largest absolute Gasteiger partial charge is 0.398 e. The molecular weight excluding hydrogens is 271 g/mol. The Labute approximate surface area is 110 Å². The number of carbonyl (C=O) groups is 1. The molecule has 0 aromatic heterocycles. The average molecular weight is 286 g/mol. The number of sulfone groups is 1. The van der Waals surface area contributed by atoms with Gasteiger partial charge in [-0.1, -0.05) is 0 Å². The fourth-order valence-electron chi connectivity index (χ4n) is 2.18. The molecule has 1 amide bonds. The minimum absolute atomic E-state index is 0.0190. The van der Waals surface area contributed by atoms with E-state index in [4.69, 9.17) is 5.73 Å². The fraction of sp³-hybridized carbons (Fsp3) is 0.417. The van der Waals surface area contributed by atoms with Gasteiger partial charge in [0.25, 0.3) is 5.91 Å². The van der Waals surface area contributed by atoms with Crippen molar-refractivity contribution in [2.45, 2.75) is 18.9 Å². The quantitative estimate of drug-likeness (QED) is 0.784. The number of nitrogens with two attached hydrogens (primary N) is 1. The zero-order valence-corrected chi connectivity index (χ0v) is 11.3.